The first-order valence-corrected chi connectivity index (χ1v) is 9.11. The van der Waals surface area contributed by atoms with Crippen molar-refractivity contribution in [2.75, 3.05) is 32.8 Å². The van der Waals surface area contributed by atoms with Gasteiger partial charge in [-0.15, -0.1) is 0 Å². The maximum absolute atomic E-state index is 13.0. The molecule has 0 saturated carbocycles. The summed E-state index contributed by atoms with van der Waals surface area (Å²) in [5, 5.41) is 4.36. The average molecular weight is 345 g/mol. The van der Waals surface area contributed by atoms with E-state index in [1.54, 1.807) is 10.7 Å². The number of hydrogen-bond donors (Lipinski definition) is 0. The highest BCUT2D eigenvalue weighted by molar-refractivity contribution is 5.99. The first-order chi connectivity index (χ1) is 12.2. The molecular weight excluding hydrogens is 318 g/mol. The summed E-state index contributed by atoms with van der Waals surface area (Å²) in [5.74, 6) is -0.00542. The number of rotatable bonds is 6. The van der Waals surface area contributed by atoms with Crippen molar-refractivity contribution in [2.45, 2.75) is 39.8 Å². The van der Waals surface area contributed by atoms with Crippen LogP contribution in [0.15, 0.2) is 18.6 Å². The number of amides is 1. The van der Waals surface area contributed by atoms with Gasteiger partial charge in [0.25, 0.3) is 5.91 Å². The largest absolute Gasteiger partial charge is 0.377 e. The highest BCUT2D eigenvalue weighted by atomic mass is 16.5. The minimum absolute atomic E-state index is 0.00542. The lowest BCUT2D eigenvalue weighted by Gasteiger charge is -2.34. The fourth-order valence-corrected chi connectivity index (χ4v) is 3.27. The molecule has 1 aliphatic rings. The van der Waals surface area contributed by atoms with Crippen LogP contribution in [0.3, 0.4) is 0 Å². The number of morpholine rings is 1. The quantitative estimate of drug-likeness (QED) is 0.799. The zero-order chi connectivity index (χ0) is 17.8. The van der Waals surface area contributed by atoms with Crippen LogP contribution >= 0.6 is 0 Å². The molecule has 25 heavy (non-hydrogen) atoms. The molecule has 1 aliphatic heterocycles. The first-order valence-electron chi connectivity index (χ1n) is 9.11. The molecule has 0 radical (unpaired) electrons. The molecule has 0 spiro atoms. The zero-order valence-electron chi connectivity index (χ0n) is 15.3. The number of ether oxygens (including phenoxy) is 1. The third-order valence-corrected chi connectivity index (χ3v) is 4.90. The van der Waals surface area contributed by atoms with Gasteiger partial charge < -0.3 is 9.64 Å². The van der Waals surface area contributed by atoms with Crippen LogP contribution in [0.1, 0.15) is 43.1 Å². The van der Waals surface area contributed by atoms with Gasteiger partial charge in [-0.05, 0) is 19.5 Å². The van der Waals surface area contributed by atoms with E-state index >= 15 is 0 Å². The summed E-state index contributed by atoms with van der Waals surface area (Å²) in [7, 11) is 0. The fourth-order valence-electron chi connectivity index (χ4n) is 3.27. The average Bonchev–Trinajstić information content (AvgIpc) is 3.08. The van der Waals surface area contributed by atoms with Crippen LogP contribution in [0.2, 0.25) is 0 Å². The summed E-state index contributed by atoms with van der Waals surface area (Å²) < 4.78 is 7.21. The van der Waals surface area contributed by atoms with Crippen LogP contribution in [0.25, 0.3) is 5.65 Å². The van der Waals surface area contributed by atoms with E-state index in [1.807, 2.05) is 17.3 Å². The van der Waals surface area contributed by atoms with E-state index < -0.39 is 0 Å². The van der Waals surface area contributed by atoms with Gasteiger partial charge in [0.2, 0.25) is 0 Å². The maximum Gasteiger partial charge on any atom is 0.259 e. The third-order valence-electron chi connectivity index (χ3n) is 4.90. The Labute approximate surface area is 148 Å². The molecule has 136 valence electrons. The Morgan fingerprint density at radius 3 is 2.84 bits per heavy atom. The van der Waals surface area contributed by atoms with Crippen molar-refractivity contribution in [1.82, 2.24) is 24.4 Å². The molecule has 0 N–H and O–H groups in total. The lowest BCUT2D eigenvalue weighted by Crippen LogP contribution is -2.48. The maximum atomic E-state index is 13.0. The molecule has 0 aromatic carbocycles. The van der Waals surface area contributed by atoms with Crippen LogP contribution in [0, 0.1) is 0 Å². The van der Waals surface area contributed by atoms with Gasteiger partial charge in [0, 0.05) is 31.0 Å². The molecule has 7 nitrogen and oxygen atoms in total. The molecule has 0 aliphatic carbocycles. The highest BCUT2D eigenvalue weighted by Crippen LogP contribution is 2.18. The molecule has 3 rings (SSSR count). The molecule has 0 unspecified atom stereocenters. The van der Waals surface area contributed by atoms with Gasteiger partial charge in [-0.25, -0.2) is 9.50 Å². The summed E-state index contributed by atoms with van der Waals surface area (Å²) in [4.78, 5) is 21.7. The number of aromatic nitrogens is 3. The summed E-state index contributed by atoms with van der Waals surface area (Å²) in [5.41, 5.74) is 2.28. The Hall–Kier alpha value is -1.99. The first kappa shape index (κ1) is 17.8. The van der Waals surface area contributed by atoms with Crippen LogP contribution in [-0.2, 0) is 11.3 Å². The second-order valence-electron chi connectivity index (χ2n) is 6.39. The molecule has 1 saturated heterocycles. The number of carbonyl (C=O) groups excluding carboxylic acids is 1. The molecule has 2 aromatic rings. The second kappa shape index (κ2) is 7.93. The Balaban J connectivity index is 1.84. The van der Waals surface area contributed by atoms with Gasteiger partial charge in [0.05, 0.1) is 25.5 Å². The van der Waals surface area contributed by atoms with E-state index in [4.69, 9.17) is 4.74 Å². The minimum Gasteiger partial charge on any atom is -0.377 e. The number of carbonyl (C=O) groups is 1. The van der Waals surface area contributed by atoms with E-state index in [2.05, 4.69) is 35.8 Å². The van der Waals surface area contributed by atoms with E-state index in [0.29, 0.717) is 31.0 Å². The standard InChI is InChI=1S/C18H27N5O2/c1-4-15-13-25-8-7-22(15)18(24)16-10-20-23-12-14(9-19-17(16)23)11-21(5-2)6-3/h9-10,12,15H,4-8,11,13H2,1-3H3/t15-/m1/s1. The summed E-state index contributed by atoms with van der Waals surface area (Å²) >= 11 is 0. The molecule has 7 heteroatoms. The molecule has 0 bridgehead atoms. The number of fused-ring (bicyclic) bond motifs is 1. The highest BCUT2D eigenvalue weighted by Gasteiger charge is 2.29. The van der Waals surface area contributed by atoms with Gasteiger partial charge in [0.15, 0.2) is 5.65 Å². The van der Waals surface area contributed by atoms with Gasteiger partial charge >= 0.3 is 0 Å². The van der Waals surface area contributed by atoms with E-state index in [-0.39, 0.29) is 11.9 Å². The Morgan fingerprint density at radius 1 is 1.32 bits per heavy atom. The second-order valence-corrected chi connectivity index (χ2v) is 6.39. The smallest absolute Gasteiger partial charge is 0.259 e. The van der Waals surface area contributed by atoms with Gasteiger partial charge in [-0.3, -0.25) is 9.69 Å². The van der Waals surface area contributed by atoms with Crippen molar-refractivity contribution in [1.29, 1.82) is 0 Å². The third kappa shape index (κ3) is 3.67. The number of hydrogen-bond acceptors (Lipinski definition) is 5. The summed E-state index contributed by atoms with van der Waals surface area (Å²) in [6, 6.07) is 0.123. The van der Waals surface area contributed by atoms with Gasteiger partial charge in [-0.1, -0.05) is 20.8 Å². The minimum atomic E-state index is -0.00542. The van der Waals surface area contributed by atoms with Crippen molar-refractivity contribution < 1.29 is 9.53 Å². The van der Waals surface area contributed by atoms with E-state index in [1.165, 1.54) is 0 Å². The lowest BCUT2D eigenvalue weighted by molar-refractivity contribution is -0.00270. The van der Waals surface area contributed by atoms with E-state index in [0.717, 1.165) is 31.6 Å². The van der Waals surface area contributed by atoms with Crippen molar-refractivity contribution >= 4 is 11.6 Å². The molecule has 2 aromatic heterocycles. The monoisotopic (exact) mass is 345 g/mol. The van der Waals surface area contributed by atoms with Crippen molar-refractivity contribution in [2.24, 2.45) is 0 Å². The van der Waals surface area contributed by atoms with Crippen molar-refractivity contribution in [3.63, 3.8) is 0 Å². The molecule has 1 amide bonds. The molecule has 3 heterocycles. The van der Waals surface area contributed by atoms with Gasteiger partial charge in [0.1, 0.15) is 5.56 Å². The van der Waals surface area contributed by atoms with Crippen LogP contribution in [-0.4, -0.2) is 69.2 Å². The fraction of sp³-hybridized carbons (Fsp3) is 0.611. The molecular formula is C18H27N5O2. The zero-order valence-corrected chi connectivity index (χ0v) is 15.3. The predicted octanol–water partition coefficient (Wildman–Crippen LogP) is 1.82. The Kier molecular flexibility index (Phi) is 5.65. The van der Waals surface area contributed by atoms with E-state index in [9.17, 15) is 4.79 Å². The van der Waals surface area contributed by atoms with Crippen molar-refractivity contribution in [3.05, 3.63) is 29.7 Å². The van der Waals surface area contributed by atoms with Crippen LogP contribution in [0.5, 0.6) is 0 Å². The van der Waals surface area contributed by atoms with Crippen LogP contribution < -0.4 is 0 Å². The Morgan fingerprint density at radius 2 is 2.12 bits per heavy atom. The Bertz CT molecular complexity index is 725. The number of nitrogens with zero attached hydrogens (tertiary/aromatic N) is 5. The molecule has 1 fully saturated rings. The summed E-state index contributed by atoms with van der Waals surface area (Å²) in [6.07, 6.45) is 6.33. The molecule has 1 atom stereocenters. The van der Waals surface area contributed by atoms with Crippen molar-refractivity contribution in [3.8, 4) is 0 Å². The summed E-state index contributed by atoms with van der Waals surface area (Å²) in [6.45, 7) is 11.0. The predicted molar refractivity (Wildman–Crippen MR) is 95.5 cm³/mol. The topological polar surface area (TPSA) is 63.0 Å². The van der Waals surface area contributed by atoms with Gasteiger partial charge in [-0.2, -0.15) is 5.10 Å². The lowest BCUT2D eigenvalue weighted by atomic mass is 10.1. The SMILES string of the molecule is CC[C@@H]1COCCN1C(=O)c1cnn2cc(CN(CC)CC)cnc12. The normalized spacial score (nSPS) is 18.2. The van der Waals surface area contributed by atoms with Crippen LogP contribution in [0.4, 0.5) is 0 Å².